The van der Waals surface area contributed by atoms with Crippen LogP contribution in [0.1, 0.15) is 18.4 Å². The van der Waals surface area contributed by atoms with Crippen molar-refractivity contribution in [2.24, 2.45) is 0 Å². The number of carbonyl (C=O) groups excluding carboxylic acids is 1. The Hall–Kier alpha value is -3.15. The number of hydrogen-bond donors (Lipinski definition) is 0. The number of aryl methyl sites for hydroxylation is 2. The molecule has 3 aromatic rings. The average molecular weight is 338 g/mol. The van der Waals surface area contributed by atoms with Crippen LogP contribution in [-0.4, -0.2) is 22.7 Å². The number of hydrogen-bond acceptors (Lipinski definition) is 6. The summed E-state index contributed by atoms with van der Waals surface area (Å²) in [6, 6.07) is 14.5. The molecule has 0 unspecified atom stereocenters. The molecule has 0 bridgehead atoms. The van der Waals surface area contributed by atoms with Gasteiger partial charge in [-0.15, -0.1) is 0 Å². The van der Waals surface area contributed by atoms with Gasteiger partial charge in [-0.2, -0.15) is 4.98 Å². The summed E-state index contributed by atoms with van der Waals surface area (Å²) < 4.78 is 15.8. The number of ether oxygens (including phenoxy) is 2. The van der Waals surface area contributed by atoms with Gasteiger partial charge in [0, 0.05) is 12.5 Å². The van der Waals surface area contributed by atoms with Gasteiger partial charge in [0.05, 0.1) is 0 Å². The summed E-state index contributed by atoms with van der Waals surface area (Å²) in [6.45, 7) is 3.61. The molecule has 3 rings (SSSR count). The summed E-state index contributed by atoms with van der Waals surface area (Å²) in [7, 11) is 0. The lowest BCUT2D eigenvalue weighted by Crippen LogP contribution is -2.18. The Bertz CT molecular complexity index is 856. The molecule has 2 aromatic carbocycles. The molecule has 0 aliphatic heterocycles. The Balaban J connectivity index is 1.57. The zero-order chi connectivity index (χ0) is 17.6. The van der Waals surface area contributed by atoms with Gasteiger partial charge in [0.2, 0.25) is 11.7 Å². The van der Waals surface area contributed by atoms with E-state index in [1.54, 1.807) is 31.2 Å². The molecule has 0 saturated heterocycles. The van der Waals surface area contributed by atoms with Crippen molar-refractivity contribution in [1.29, 1.82) is 0 Å². The second kappa shape index (κ2) is 7.61. The number of benzene rings is 2. The standard InChI is InChI=1S/C19H18N2O4/c1-3-14-6-4-5-7-17(14)23-12-18(22)24-16-10-8-15(9-11-16)19-20-13(2)25-21-19/h4-11H,3,12H2,1-2H3. The first kappa shape index (κ1) is 16.7. The van der Waals surface area contributed by atoms with Gasteiger partial charge in [0.25, 0.3) is 0 Å². The van der Waals surface area contributed by atoms with Gasteiger partial charge < -0.3 is 14.0 Å². The summed E-state index contributed by atoms with van der Waals surface area (Å²) in [6.07, 6.45) is 0.836. The Morgan fingerprint density at radius 2 is 1.88 bits per heavy atom. The van der Waals surface area contributed by atoms with Crippen LogP contribution in [0.2, 0.25) is 0 Å². The van der Waals surface area contributed by atoms with E-state index >= 15 is 0 Å². The number of para-hydroxylation sites is 1. The fourth-order valence-corrected chi connectivity index (χ4v) is 2.32. The molecule has 0 amide bonds. The SMILES string of the molecule is CCc1ccccc1OCC(=O)Oc1ccc(-c2noc(C)n2)cc1. The van der Waals surface area contributed by atoms with Gasteiger partial charge >= 0.3 is 5.97 Å². The summed E-state index contributed by atoms with van der Waals surface area (Å²) in [5.41, 5.74) is 1.83. The molecule has 6 heteroatoms. The van der Waals surface area contributed by atoms with E-state index in [2.05, 4.69) is 10.1 Å². The van der Waals surface area contributed by atoms with Crippen molar-refractivity contribution in [3.63, 3.8) is 0 Å². The highest BCUT2D eigenvalue weighted by Gasteiger charge is 2.10. The molecule has 0 aliphatic rings. The first-order valence-electron chi connectivity index (χ1n) is 7.98. The second-order valence-corrected chi connectivity index (χ2v) is 5.39. The van der Waals surface area contributed by atoms with Gasteiger partial charge in [0.1, 0.15) is 11.5 Å². The van der Waals surface area contributed by atoms with Gasteiger partial charge in [0.15, 0.2) is 6.61 Å². The molecule has 0 spiro atoms. The molecule has 6 nitrogen and oxygen atoms in total. The second-order valence-electron chi connectivity index (χ2n) is 5.39. The van der Waals surface area contributed by atoms with Crippen molar-refractivity contribution in [2.45, 2.75) is 20.3 Å². The lowest BCUT2D eigenvalue weighted by molar-refractivity contribution is -0.136. The number of carbonyl (C=O) groups is 1. The highest BCUT2D eigenvalue weighted by atomic mass is 16.6. The topological polar surface area (TPSA) is 74.5 Å². The Morgan fingerprint density at radius 3 is 2.56 bits per heavy atom. The zero-order valence-corrected chi connectivity index (χ0v) is 14.1. The van der Waals surface area contributed by atoms with Crippen LogP contribution in [0.5, 0.6) is 11.5 Å². The fraction of sp³-hybridized carbons (Fsp3) is 0.211. The maximum Gasteiger partial charge on any atom is 0.349 e. The van der Waals surface area contributed by atoms with Crippen LogP contribution in [0.4, 0.5) is 0 Å². The van der Waals surface area contributed by atoms with Crippen molar-refractivity contribution >= 4 is 5.97 Å². The van der Waals surface area contributed by atoms with Crippen LogP contribution in [0, 0.1) is 6.92 Å². The van der Waals surface area contributed by atoms with Crippen LogP contribution in [0.3, 0.4) is 0 Å². The number of nitrogens with zero attached hydrogens (tertiary/aromatic N) is 2. The molecule has 0 aliphatic carbocycles. The number of rotatable bonds is 6. The van der Waals surface area contributed by atoms with Gasteiger partial charge in [-0.05, 0) is 42.3 Å². The summed E-state index contributed by atoms with van der Waals surface area (Å²) in [5.74, 6) is 1.66. The first-order valence-corrected chi connectivity index (χ1v) is 7.98. The number of aromatic nitrogens is 2. The van der Waals surface area contributed by atoms with Crippen LogP contribution >= 0.6 is 0 Å². The van der Waals surface area contributed by atoms with E-state index in [9.17, 15) is 4.79 Å². The van der Waals surface area contributed by atoms with E-state index in [0.29, 0.717) is 23.2 Å². The largest absolute Gasteiger partial charge is 0.482 e. The molecule has 0 N–H and O–H groups in total. The predicted molar refractivity (Wildman–Crippen MR) is 91.4 cm³/mol. The molecular formula is C19H18N2O4. The smallest absolute Gasteiger partial charge is 0.349 e. The third-order valence-electron chi connectivity index (χ3n) is 3.57. The van der Waals surface area contributed by atoms with E-state index in [1.807, 2.05) is 31.2 Å². The molecule has 1 heterocycles. The molecule has 25 heavy (non-hydrogen) atoms. The molecule has 0 atom stereocenters. The van der Waals surface area contributed by atoms with E-state index in [0.717, 1.165) is 17.5 Å². The zero-order valence-electron chi connectivity index (χ0n) is 14.1. The van der Waals surface area contributed by atoms with Crippen molar-refractivity contribution in [3.05, 3.63) is 60.0 Å². The lowest BCUT2D eigenvalue weighted by Gasteiger charge is -2.10. The van der Waals surface area contributed by atoms with Crippen molar-refractivity contribution in [3.8, 4) is 22.9 Å². The Labute approximate surface area is 145 Å². The van der Waals surface area contributed by atoms with Crippen LogP contribution in [-0.2, 0) is 11.2 Å². The maximum atomic E-state index is 12.0. The average Bonchev–Trinajstić information content (AvgIpc) is 3.07. The minimum absolute atomic E-state index is 0.150. The van der Waals surface area contributed by atoms with E-state index in [-0.39, 0.29) is 6.61 Å². The first-order chi connectivity index (χ1) is 12.2. The number of esters is 1. The molecule has 0 fully saturated rings. The van der Waals surface area contributed by atoms with Crippen molar-refractivity contribution < 1.29 is 18.8 Å². The Kier molecular flexibility index (Phi) is 5.09. The van der Waals surface area contributed by atoms with Gasteiger partial charge in [-0.25, -0.2) is 4.79 Å². The quantitative estimate of drug-likeness (QED) is 0.505. The summed E-state index contributed by atoms with van der Waals surface area (Å²) in [4.78, 5) is 16.1. The summed E-state index contributed by atoms with van der Waals surface area (Å²) in [5, 5.41) is 3.84. The third-order valence-corrected chi connectivity index (χ3v) is 3.57. The molecule has 0 saturated carbocycles. The van der Waals surface area contributed by atoms with E-state index in [1.165, 1.54) is 0 Å². The summed E-state index contributed by atoms with van der Waals surface area (Å²) >= 11 is 0. The predicted octanol–water partition coefficient (Wildman–Crippen LogP) is 3.59. The fourth-order valence-electron chi connectivity index (χ4n) is 2.32. The van der Waals surface area contributed by atoms with E-state index < -0.39 is 5.97 Å². The lowest BCUT2D eigenvalue weighted by atomic mass is 10.1. The molecule has 128 valence electrons. The van der Waals surface area contributed by atoms with Crippen LogP contribution < -0.4 is 9.47 Å². The molecule has 1 aromatic heterocycles. The maximum absolute atomic E-state index is 12.0. The third kappa shape index (κ3) is 4.23. The van der Waals surface area contributed by atoms with Crippen LogP contribution in [0.15, 0.2) is 53.1 Å². The molecular weight excluding hydrogens is 320 g/mol. The monoisotopic (exact) mass is 338 g/mol. The minimum Gasteiger partial charge on any atom is -0.482 e. The highest BCUT2D eigenvalue weighted by Crippen LogP contribution is 2.21. The van der Waals surface area contributed by atoms with Gasteiger partial charge in [-0.3, -0.25) is 0 Å². The normalized spacial score (nSPS) is 10.5. The van der Waals surface area contributed by atoms with Crippen LogP contribution in [0.25, 0.3) is 11.4 Å². The van der Waals surface area contributed by atoms with Crippen molar-refractivity contribution in [2.75, 3.05) is 6.61 Å². The highest BCUT2D eigenvalue weighted by molar-refractivity contribution is 5.74. The van der Waals surface area contributed by atoms with Gasteiger partial charge in [-0.1, -0.05) is 30.3 Å². The minimum atomic E-state index is -0.464. The molecule has 0 radical (unpaired) electrons. The Morgan fingerprint density at radius 1 is 1.12 bits per heavy atom. The van der Waals surface area contributed by atoms with E-state index in [4.69, 9.17) is 14.0 Å². The van der Waals surface area contributed by atoms with Crippen molar-refractivity contribution in [1.82, 2.24) is 10.1 Å².